The molecule has 0 heterocycles. The molecule has 0 saturated heterocycles. The molecule has 0 aliphatic heterocycles. The number of benzene rings is 3. The molecule has 0 unspecified atom stereocenters. The monoisotopic (exact) mass is 349 g/mol. The molecule has 0 spiro atoms. The lowest BCUT2D eigenvalue weighted by Gasteiger charge is -2.27. The number of fused-ring (bicyclic) bond motifs is 1. The smallest absolute Gasteiger partial charge is 0.258 e. The number of rotatable bonds is 5. The fourth-order valence-electron chi connectivity index (χ4n) is 3.00. The van der Waals surface area contributed by atoms with Crippen molar-refractivity contribution in [1.29, 1.82) is 0 Å². The minimum Gasteiger partial charge on any atom is -0.506 e. The van der Waals surface area contributed by atoms with Crippen LogP contribution in [-0.4, -0.2) is 29.1 Å². The third-order valence-electron chi connectivity index (χ3n) is 4.53. The van der Waals surface area contributed by atoms with Gasteiger partial charge in [-0.1, -0.05) is 42.5 Å². The van der Waals surface area contributed by atoms with Gasteiger partial charge in [0.25, 0.3) is 5.91 Å². The highest BCUT2D eigenvalue weighted by atomic mass is 16.5. The molecular weight excluding hydrogens is 326 g/mol. The van der Waals surface area contributed by atoms with Gasteiger partial charge in [0.15, 0.2) is 0 Å². The first-order valence-electron chi connectivity index (χ1n) is 8.66. The number of aromatic hydroxyl groups is 1. The molecule has 0 radical (unpaired) electrons. The van der Waals surface area contributed by atoms with E-state index in [0.717, 1.165) is 16.7 Å². The van der Waals surface area contributed by atoms with Crippen LogP contribution in [0.2, 0.25) is 0 Å². The van der Waals surface area contributed by atoms with Crippen LogP contribution in [0.5, 0.6) is 11.5 Å². The van der Waals surface area contributed by atoms with Gasteiger partial charge in [-0.2, -0.15) is 0 Å². The number of phenolic OH excluding ortho intramolecular Hbond substituents is 1. The van der Waals surface area contributed by atoms with Gasteiger partial charge in [-0.25, -0.2) is 0 Å². The van der Waals surface area contributed by atoms with Crippen molar-refractivity contribution in [3.05, 3.63) is 71.8 Å². The summed E-state index contributed by atoms with van der Waals surface area (Å²) in [5, 5.41) is 12.2. The maximum atomic E-state index is 13.1. The normalized spacial score (nSPS) is 10.9. The van der Waals surface area contributed by atoms with E-state index in [4.69, 9.17) is 4.74 Å². The lowest BCUT2D eigenvalue weighted by atomic mass is 10.0. The SMILES string of the molecule is COc1ccc(CN(C(=O)c2ccc3ccccc3c2O)C(C)C)cc1. The summed E-state index contributed by atoms with van der Waals surface area (Å²) in [4.78, 5) is 14.9. The van der Waals surface area contributed by atoms with Crippen molar-refractivity contribution >= 4 is 16.7 Å². The van der Waals surface area contributed by atoms with E-state index >= 15 is 0 Å². The standard InChI is InChI=1S/C22H23NO3/c1-15(2)23(14-16-8-11-18(26-3)12-9-16)22(25)20-13-10-17-6-4-5-7-19(17)21(20)24/h4-13,15,24H,14H2,1-3H3. The molecule has 0 fully saturated rings. The van der Waals surface area contributed by atoms with Crippen molar-refractivity contribution in [3.63, 3.8) is 0 Å². The van der Waals surface area contributed by atoms with E-state index in [1.807, 2.05) is 68.4 Å². The van der Waals surface area contributed by atoms with Crippen molar-refractivity contribution < 1.29 is 14.6 Å². The zero-order valence-corrected chi connectivity index (χ0v) is 15.3. The third-order valence-corrected chi connectivity index (χ3v) is 4.53. The Morgan fingerprint density at radius 2 is 1.73 bits per heavy atom. The van der Waals surface area contributed by atoms with Gasteiger partial charge < -0.3 is 14.7 Å². The molecule has 0 aliphatic carbocycles. The molecule has 3 aromatic rings. The molecule has 1 amide bonds. The largest absolute Gasteiger partial charge is 0.506 e. The molecule has 26 heavy (non-hydrogen) atoms. The lowest BCUT2D eigenvalue weighted by molar-refractivity contribution is 0.0687. The zero-order valence-electron chi connectivity index (χ0n) is 15.3. The summed E-state index contributed by atoms with van der Waals surface area (Å²) < 4.78 is 5.18. The predicted octanol–water partition coefficient (Wildman–Crippen LogP) is 4.60. The molecule has 4 heteroatoms. The second-order valence-corrected chi connectivity index (χ2v) is 6.56. The van der Waals surface area contributed by atoms with E-state index in [1.54, 1.807) is 18.1 Å². The van der Waals surface area contributed by atoms with Crippen LogP contribution in [0.1, 0.15) is 29.8 Å². The highest BCUT2D eigenvalue weighted by molar-refractivity contribution is 6.03. The topological polar surface area (TPSA) is 49.8 Å². The fourth-order valence-corrected chi connectivity index (χ4v) is 3.00. The maximum absolute atomic E-state index is 13.1. The number of ether oxygens (including phenoxy) is 1. The Morgan fingerprint density at radius 1 is 1.04 bits per heavy atom. The molecule has 0 aromatic heterocycles. The molecule has 3 aromatic carbocycles. The van der Waals surface area contributed by atoms with E-state index in [-0.39, 0.29) is 17.7 Å². The number of amides is 1. The fraction of sp³-hybridized carbons (Fsp3) is 0.227. The quantitative estimate of drug-likeness (QED) is 0.732. The Balaban J connectivity index is 1.92. The van der Waals surface area contributed by atoms with Crippen LogP contribution in [-0.2, 0) is 6.54 Å². The second kappa shape index (κ2) is 7.48. The number of carbonyl (C=O) groups is 1. The summed E-state index contributed by atoms with van der Waals surface area (Å²) in [7, 11) is 1.63. The van der Waals surface area contributed by atoms with Crippen LogP contribution in [0.4, 0.5) is 0 Å². The van der Waals surface area contributed by atoms with Crippen LogP contribution in [0.25, 0.3) is 10.8 Å². The van der Waals surface area contributed by atoms with Crippen molar-refractivity contribution in [2.75, 3.05) is 7.11 Å². The summed E-state index contributed by atoms with van der Waals surface area (Å²) in [6, 6.07) is 18.7. The average molecular weight is 349 g/mol. The molecular formula is C22H23NO3. The van der Waals surface area contributed by atoms with Gasteiger partial charge in [-0.05, 0) is 43.0 Å². The Labute approximate surface area is 153 Å². The summed E-state index contributed by atoms with van der Waals surface area (Å²) in [5.74, 6) is 0.635. The summed E-state index contributed by atoms with van der Waals surface area (Å²) in [6.45, 7) is 4.41. The Hall–Kier alpha value is -3.01. The van der Waals surface area contributed by atoms with Gasteiger partial charge in [0.2, 0.25) is 0 Å². The van der Waals surface area contributed by atoms with E-state index in [2.05, 4.69) is 0 Å². The molecule has 0 saturated carbocycles. The molecule has 4 nitrogen and oxygen atoms in total. The second-order valence-electron chi connectivity index (χ2n) is 6.56. The first kappa shape index (κ1) is 17.8. The number of hydrogen-bond donors (Lipinski definition) is 1. The number of hydrogen-bond acceptors (Lipinski definition) is 3. The number of carbonyl (C=O) groups excluding carboxylic acids is 1. The van der Waals surface area contributed by atoms with Crippen molar-refractivity contribution in [3.8, 4) is 11.5 Å². The van der Waals surface area contributed by atoms with Crippen molar-refractivity contribution in [2.24, 2.45) is 0 Å². The van der Waals surface area contributed by atoms with Crippen LogP contribution < -0.4 is 4.74 Å². The molecule has 0 bridgehead atoms. The van der Waals surface area contributed by atoms with Crippen LogP contribution in [0, 0.1) is 0 Å². The Bertz CT molecular complexity index is 916. The number of methoxy groups -OCH3 is 1. The first-order chi connectivity index (χ1) is 12.5. The number of phenols is 1. The van der Waals surface area contributed by atoms with Gasteiger partial charge in [0, 0.05) is 18.0 Å². The van der Waals surface area contributed by atoms with E-state index < -0.39 is 0 Å². The van der Waals surface area contributed by atoms with Crippen molar-refractivity contribution in [1.82, 2.24) is 4.90 Å². The molecule has 3 rings (SSSR count). The minimum atomic E-state index is -0.181. The van der Waals surface area contributed by atoms with E-state index in [9.17, 15) is 9.90 Å². The van der Waals surface area contributed by atoms with Gasteiger partial charge >= 0.3 is 0 Å². The van der Waals surface area contributed by atoms with Crippen molar-refractivity contribution in [2.45, 2.75) is 26.4 Å². The molecule has 1 N–H and O–H groups in total. The van der Waals surface area contributed by atoms with Crippen LogP contribution in [0.15, 0.2) is 60.7 Å². The predicted molar refractivity (Wildman–Crippen MR) is 104 cm³/mol. The Morgan fingerprint density at radius 3 is 2.38 bits per heavy atom. The molecule has 134 valence electrons. The summed E-state index contributed by atoms with van der Waals surface area (Å²) in [6.07, 6.45) is 0. The average Bonchev–Trinajstić information content (AvgIpc) is 2.66. The van der Waals surface area contributed by atoms with Gasteiger partial charge in [0.05, 0.1) is 12.7 Å². The molecule has 0 atom stereocenters. The van der Waals surface area contributed by atoms with E-state index in [0.29, 0.717) is 17.5 Å². The van der Waals surface area contributed by atoms with E-state index in [1.165, 1.54) is 0 Å². The van der Waals surface area contributed by atoms with Gasteiger partial charge in [-0.15, -0.1) is 0 Å². The minimum absolute atomic E-state index is 0.00419. The zero-order chi connectivity index (χ0) is 18.7. The lowest BCUT2D eigenvalue weighted by Crippen LogP contribution is -2.36. The number of nitrogens with zero attached hydrogens (tertiary/aromatic N) is 1. The summed E-state index contributed by atoms with van der Waals surface area (Å²) in [5.41, 5.74) is 1.33. The van der Waals surface area contributed by atoms with Crippen LogP contribution >= 0.6 is 0 Å². The first-order valence-corrected chi connectivity index (χ1v) is 8.66. The highest BCUT2D eigenvalue weighted by Gasteiger charge is 2.22. The summed E-state index contributed by atoms with van der Waals surface area (Å²) >= 11 is 0. The Kier molecular flexibility index (Phi) is 5.12. The van der Waals surface area contributed by atoms with Gasteiger partial charge in [0.1, 0.15) is 11.5 Å². The third kappa shape index (κ3) is 3.49. The van der Waals surface area contributed by atoms with Gasteiger partial charge in [-0.3, -0.25) is 4.79 Å². The highest BCUT2D eigenvalue weighted by Crippen LogP contribution is 2.30. The van der Waals surface area contributed by atoms with Crippen LogP contribution in [0.3, 0.4) is 0 Å². The molecule has 0 aliphatic rings. The maximum Gasteiger partial charge on any atom is 0.258 e.